The fraction of sp³-hybridized carbons (Fsp3) is 0.290. The average Bonchev–Trinajstić information content (AvgIpc) is 2.99. The van der Waals surface area contributed by atoms with Crippen LogP contribution in [0.5, 0.6) is 17.4 Å². The van der Waals surface area contributed by atoms with Gasteiger partial charge in [0.05, 0.1) is 28.6 Å². The Hall–Kier alpha value is -4.38. The fourth-order valence-corrected chi connectivity index (χ4v) is 5.48. The third-order valence-corrected chi connectivity index (χ3v) is 7.58. The molecule has 0 N–H and O–H groups in total. The highest BCUT2D eigenvalue weighted by Gasteiger charge is 2.23. The van der Waals surface area contributed by atoms with E-state index in [0.29, 0.717) is 46.8 Å². The molecule has 0 atom stereocenters. The first-order chi connectivity index (χ1) is 20.4. The van der Waals surface area contributed by atoms with E-state index < -0.39 is 4.92 Å². The molecule has 0 unspecified atom stereocenters. The van der Waals surface area contributed by atoms with Gasteiger partial charge in [0.2, 0.25) is 5.88 Å². The van der Waals surface area contributed by atoms with Crippen LogP contribution in [0.4, 0.5) is 5.69 Å². The summed E-state index contributed by atoms with van der Waals surface area (Å²) in [5.41, 5.74) is 1.74. The zero-order valence-electron chi connectivity index (χ0n) is 23.2. The van der Waals surface area contributed by atoms with Crippen LogP contribution in [0, 0.1) is 10.1 Å². The zero-order valence-corrected chi connectivity index (χ0v) is 24.7. The number of nitro groups is 1. The first-order valence-electron chi connectivity index (χ1n) is 13.8. The molecule has 0 spiro atoms. The van der Waals surface area contributed by atoms with Crippen LogP contribution in [0.2, 0.25) is 0 Å². The van der Waals surface area contributed by atoms with Gasteiger partial charge in [-0.25, -0.2) is 9.97 Å². The molecule has 2 aromatic heterocycles. The van der Waals surface area contributed by atoms with E-state index in [1.807, 2.05) is 25.1 Å². The Morgan fingerprint density at radius 2 is 2.00 bits per heavy atom. The Balaban J connectivity index is 1.57. The van der Waals surface area contributed by atoms with Gasteiger partial charge in [-0.3, -0.25) is 14.9 Å². The standard InChI is InChI=1S/C31H30BrN5O5/c1-3-8-22-15-20(16-27(41-4-2)29(22)42-28-14-12-24(19-33-28)37(39)40)18-34-36-30(21-9-6-5-7-10-21)35-26-13-11-23(32)17-25(26)31(36)38/h3,11-19,21H,1,4-10H2,2H3. The average molecular weight is 633 g/mol. The summed E-state index contributed by atoms with van der Waals surface area (Å²) >= 11 is 3.46. The lowest BCUT2D eigenvalue weighted by Gasteiger charge is -2.22. The van der Waals surface area contributed by atoms with E-state index in [9.17, 15) is 14.9 Å². The second-order valence-electron chi connectivity index (χ2n) is 9.97. The highest BCUT2D eigenvalue weighted by molar-refractivity contribution is 9.10. The molecular formula is C31H30BrN5O5. The molecule has 1 aliphatic rings. The zero-order chi connectivity index (χ0) is 29.6. The van der Waals surface area contributed by atoms with Crippen LogP contribution in [0.3, 0.4) is 0 Å². The third-order valence-electron chi connectivity index (χ3n) is 7.08. The van der Waals surface area contributed by atoms with E-state index in [2.05, 4.69) is 32.6 Å². The molecule has 1 saturated carbocycles. The summed E-state index contributed by atoms with van der Waals surface area (Å²) in [6.45, 7) is 6.09. The predicted molar refractivity (Wildman–Crippen MR) is 165 cm³/mol. The Morgan fingerprint density at radius 3 is 2.69 bits per heavy atom. The van der Waals surface area contributed by atoms with Crippen molar-refractivity contribution >= 4 is 38.7 Å². The van der Waals surface area contributed by atoms with Gasteiger partial charge >= 0.3 is 0 Å². The monoisotopic (exact) mass is 631 g/mol. The van der Waals surface area contributed by atoms with Crippen LogP contribution in [0.25, 0.3) is 10.9 Å². The summed E-state index contributed by atoms with van der Waals surface area (Å²) in [5, 5.41) is 16.2. The van der Waals surface area contributed by atoms with Gasteiger partial charge in [-0.15, -0.1) is 6.58 Å². The van der Waals surface area contributed by atoms with Crippen molar-refractivity contribution in [1.82, 2.24) is 14.6 Å². The van der Waals surface area contributed by atoms with Crippen LogP contribution >= 0.6 is 15.9 Å². The fourth-order valence-electron chi connectivity index (χ4n) is 5.12. The molecule has 42 heavy (non-hydrogen) atoms. The number of pyridine rings is 1. The summed E-state index contributed by atoms with van der Waals surface area (Å²) in [6.07, 6.45) is 10.2. The largest absolute Gasteiger partial charge is 0.490 e. The summed E-state index contributed by atoms with van der Waals surface area (Å²) in [6, 6.07) is 11.9. The number of allylic oxidation sites excluding steroid dienone is 1. The molecule has 2 heterocycles. The molecule has 1 aliphatic carbocycles. The normalized spacial score (nSPS) is 13.9. The molecule has 1 fully saturated rings. The van der Waals surface area contributed by atoms with E-state index >= 15 is 0 Å². The van der Waals surface area contributed by atoms with Crippen molar-refractivity contribution < 1.29 is 14.4 Å². The van der Waals surface area contributed by atoms with Crippen LogP contribution in [0.1, 0.15) is 61.9 Å². The topological polar surface area (TPSA) is 122 Å². The summed E-state index contributed by atoms with van der Waals surface area (Å²) in [4.78, 5) is 33.2. The number of halogens is 1. The van der Waals surface area contributed by atoms with Gasteiger partial charge in [-0.1, -0.05) is 41.3 Å². The van der Waals surface area contributed by atoms with E-state index in [4.69, 9.17) is 14.5 Å². The molecule has 216 valence electrons. The van der Waals surface area contributed by atoms with Gasteiger partial charge in [0, 0.05) is 28.1 Å². The smallest absolute Gasteiger partial charge is 0.287 e. The minimum atomic E-state index is -0.519. The lowest BCUT2D eigenvalue weighted by Crippen LogP contribution is -2.25. The number of nitrogens with zero attached hydrogens (tertiary/aromatic N) is 5. The molecule has 5 rings (SSSR count). The highest BCUT2D eigenvalue weighted by atomic mass is 79.9. The van der Waals surface area contributed by atoms with Gasteiger partial charge in [-0.2, -0.15) is 9.78 Å². The number of rotatable bonds is 10. The molecule has 2 aromatic carbocycles. The van der Waals surface area contributed by atoms with Crippen molar-refractivity contribution in [3.8, 4) is 17.4 Å². The molecule has 0 amide bonds. The maximum atomic E-state index is 13.7. The minimum absolute atomic E-state index is 0.136. The van der Waals surface area contributed by atoms with Gasteiger partial charge < -0.3 is 9.47 Å². The van der Waals surface area contributed by atoms with Crippen molar-refractivity contribution in [1.29, 1.82) is 0 Å². The third kappa shape index (κ3) is 6.41. The highest BCUT2D eigenvalue weighted by Crippen LogP contribution is 2.37. The van der Waals surface area contributed by atoms with Crippen LogP contribution in [-0.2, 0) is 6.42 Å². The molecule has 0 radical (unpaired) electrons. The summed E-state index contributed by atoms with van der Waals surface area (Å²) in [5.74, 6) is 1.88. The maximum Gasteiger partial charge on any atom is 0.287 e. The number of benzene rings is 2. The number of hydrogen-bond donors (Lipinski definition) is 0. The van der Waals surface area contributed by atoms with Crippen molar-refractivity contribution in [3.63, 3.8) is 0 Å². The number of ether oxygens (including phenoxy) is 2. The Morgan fingerprint density at radius 1 is 1.19 bits per heavy atom. The van der Waals surface area contributed by atoms with Gasteiger partial charge in [0.25, 0.3) is 11.2 Å². The molecule has 10 nitrogen and oxygen atoms in total. The number of hydrogen-bond acceptors (Lipinski definition) is 8. The second-order valence-corrected chi connectivity index (χ2v) is 10.9. The van der Waals surface area contributed by atoms with Crippen LogP contribution in [0.15, 0.2) is 75.7 Å². The van der Waals surface area contributed by atoms with Gasteiger partial charge in [0.1, 0.15) is 12.0 Å². The molecule has 4 aromatic rings. The quantitative estimate of drug-likeness (QED) is 0.0778. The molecule has 0 bridgehead atoms. The number of fused-ring (bicyclic) bond motifs is 1. The predicted octanol–water partition coefficient (Wildman–Crippen LogP) is 7.31. The lowest BCUT2D eigenvalue weighted by atomic mass is 9.88. The van der Waals surface area contributed by atoms with E-state index in [-0.39, 0.29) is 23.0 Å². The minimum Gasteiger partial charge on any atom is -0.490 e. The van der Waals surface area contributed by atoms with Crippen molar-refractivity contribution in [2.75, 3.05) is 6.61 Å². The van der Waals surface area contributed by atoms with Crippen molar-refractivity contribution in [2.24, 2.45) is 5.10 Å². The van der Waals surface area contributed by atoms with E-state index in [1.165, 1.54) is 23.2 Å². The molecule has 11 heteroatoms. The van der Waals surface area contributed by atoms with E-state index in [0.717, 1.165) is 41.9 Å². The van der Waals surface area contributed by atoms with Crippen molar-refractivity contribution in [3.05, 3.63) is 103 Å². The van der Waals surface area contributed by atoms with E-state index in [1.54, 1.807) is 24.4 Å². The van der Waals surface area contributed by atoms with Crippen molar-refractivity contribution in [2.45, 2.75) is 51.4 Å². The number of aromatic nitrogens is 3. The molecule has 0 aliphatic heterocycles. The molecule has 0 saturated heterocycles. The Bertz CT molecular complexity index is 1710. The summed E-state index contributed by atoms with van der Waals surface area (Å²) in [7, 11) is 0. The maximum absolute atomic E-state index is 13.7. The lowest BCUT2D eigenvalue weighted by molar-refractivity contribution is -0.385. The van der Waals surface area contributed by atoms with Crippen LogP contribution < -0.4 is 15.0 Å². The first-order valence-corrected chi connectivity index (χ1v) is 14.6. The first kappa shape index (κ1) is 29.1. The SMILES string of the molecule is C=CCc1cc(C=Nn2c(C3CCCCC3)nc3ccc(Br)cc3c2=O)cc(OCC)c1Oc1ccc([N+](=O)[O-])cn1. The Labute approximate surface area is 251 Å². The van der Waals surface area contributed by atoms with Crippen LogP contribution in [-0.4, -0.2) is 32.4 Å². The van der Waals surface area contributed by atoms with Gasteiger partial charge in [0.15, 0.2) is 11.5 Å². The second kappa shape index (κ2) is 13.1. The summed E-state index contributed by atoms with van der Waals surface area (Å²) < 4.78 is 14.2. The Kier molecular flexibility index (Phi) is 9.06. The molecular weight excluding hydrogens is 602 g/mol. The van der Waals surface area contributed by atoms with Gasteiger partial charge in [-0.05, 0) is 62.1 Å².